The number of carboxylic acids is 1. The zero-order chi connectivity index (χ0) is 22.9. The second-order valence-electron chi connectivity index (χ2n) is 7.31. The Kier molecular flexibility index (Phi) is 9.40. The summed E-state index contributed by atoms with van der Waals surface area (Å²) in [5.41, 5.74) is 2.40. The number of benzene rings is 2. The lowest BCUT2D eigenvalue weighted by molar-refractivity contribution is -0.139. The van der Waals surface area contributed by atoms with Crippen molar-refractivity contribution in [3.8, 4) is 0 Å². The van der Waals surface area contributed by atoms with Crippen LogP contribution in [-0.4, -0.2) is 52.8 Å². The fraction of sp³-hybridized carbons (Fsp3) is 0.364. The second-order valence-corrected chi connectivity index (χ2v) is 9.24. The van der Waals surface area contributed by atoms with E-state index in [9.17, 15) is 24.2 Å². The first kappa shape index (κ1) is 24.8. The molecule has 1 amide bonds. The molecule has 8 nitrogen and oxygen atoms in total. The van der Waals surface area contributed by atoms with Crippen LogP contribution in [0.2, 0.25) is 0 Å². The Morgan fingerprint density at radius 2 is 1.77 bits per heavy atom. The number of aliphatic carboxylic acids is 1. The topological polar surface area (TPSA) is 116 Å². The van der Waals surface area contributed by atoms with Gasteiger partial charge in [-0.15, -0.1) is 0 Å². The van der Waals surface area contributed by atoms with Crippen molar-refractivity contribution in [1.82, 2.24) is 9.99 Å². The summed E-state index contributed by atoms with van der Waals surface area (Å²) >= 11 is 0. The summed E-state index contributed by atoms with van der Waals surface area (Å²) in [5.74, 6) is -1.66. The molecule has 0 saturated heterocycles. The van der Waals surface area contributed by atoms with Crippen LogP contribution in [0, 0.1) is 6.92 Å². The van der Waals surface area contributed by atoms with Crippen molar-refractivity contribution in [2.24, 2.45) is 0 Å². The Morgan fingerprint density at radius 1 is 1.13 bits per heavy atom. The molecule has 168 valence electrons. The van der Waals surface area contributed by atoms with Crippen LogP contribution in [0.5, 0.6) is 0 Å². The normalized spacial score (nSPS) is 14.1. The van der Waals surface area contributed by atoms with Gasteiger partial charge in [-0.1, -0.05) is 48.0 Å². The molecule has 1 unspecified atom stereocenters. The highest BCUT2D eigenvalue weighted by Gasteiger charge is 2.26. The molecule has 0 aliphatic rings. The van der Waals surface area contributed by atoms with E-state index < -0.39 is 25.7 Å². The molecule has 0 aliphatic heterocycles. The summed E-state index contributed by atoms with van der Waals surface area (Å²) in [5, 5.41) is 11.8. The zero-order valence-electron chi connectivity index (χ0n) is 17.7. The predicted octanol–water partition coefficient (Wildman–Crippen LogP) is 3.25. The quantitative estimate of drug-likeness (QED) is 0.337. The molecule has 0 bridgehead atoms. The van der Waals surface area contributed by atoms with Crippen molar-refractivity contribution in [3.05, 3.63) is 71.3 Å². The van der Waals surface area contributed by atoms with E-state index in [-0.39, 0.29) is 19.4 Å². The van der Waals surface area contributed by atoms with Gasteiger partial charge >= 0.3 is 13.7 Å². The van der Waals surface area contributed by atoms with E-state index in [0.717, 1.165) is 11.1 Å². The van der Waals surface area contributed by atoms with E-state index in [1.165, 1.54) is 11.7 Å². The number of hydrogen-bond donors (Lipinski definition) is 3. The Hall–Kier alpha value is -2.51. The summed E-state index contributed by atoms with van der Waals surface area (Å²) in [4.78, 5) is 33.8. The van der Waals surface area contributed by atoms with E-state index >= 15 is 0 Å². The van der Waals surface area contributed by atoms with Crippen molar-refractivity contribution in [1.29, 1.82) is 0 Å². The van der Waals surface area contributed by atoms with Crippen LogP contribution in [0.1, 0.15) is 34.3 Å². The summed E-state index contributed by atoms with van der Waals surface area (Å²) in [6, 6.07) is 15.3. The maximum atomic E-state index is 12.4. The molecular weight excluding hydrogens is 419 g/mol. The molecule has 2 aromatic rings. The highest BCUT2D eigenvalue weighted by molar-refractivity contribution is 7.50. The third-order valence-electron chi connectivity index (χ3n) is 4.81. The minimum absolute atomic E-state index is 0.0701. The molecule has 0 aliphatic carbocycles. The standard InChI is InChI=1S/C22H29N2O6P/c1-17-10-12-19(13-11-17)21(25)23-20(22(26)27)9-6-16-30-31(28,29)24(2)15-14-18-7-4-3-5-8-18/h3-5,7-8,10-13,20H,6,9,14-16H2,1-2H3,(H,23,25)(H,26,27)(H,28,29)/t20-/m0/s1. The maximum Gasteiger partial charge on any atom is 0.405 e. The number of nitrogens with one attached hydrogen (secondary N) is 1. The number of nitrogens with zero attached hydrogens (tertiary/aromatic N) is 1. The molecular formula is C22H29N2O6P. The van der Waals surface area contributed by atoms with Gasteiger partial charge in [-0.2, -0.15) is 0 Å². The molecule has 2 atom stereocenters. The molecule has 0 saturated carbocycles. The second kappa shape index (κ2) is 11.8. The van der Waals surface area contributed by atoms with Gasteiger partial charge in [-0.25, -0.2) is 14.0 Å². The number of aryl methyl sites for hydroxylation is 1. The van der Waals surface area contributed by atoms with Crippen LogP contribution in [0.3, 0.4) is 0 Å². The number of rotatable bonds is 12. The van der Waals surface area contributed by atoms with Crippen LogP contribution >= 0.6 is 7.75 Å². The van der Waals surface area contributed by atoms with Gasteiger partial charge in [0, 0.05) is 12.1 Å². The third-order valence-corrected chi connectivity index (χ3v) is 6.39. The van der Waals surface area contributed by atoms with Crippen molar-refractivity contribution < 1.29 is 28.7 Å². The van der Waals surface area contributed by atoms with Crippen molar-refractivity contribution in [2.75, 3.05) is 20.2 Å². The average Bonchev–Trinajstić information content (AvgIpc) is 2.75. The molecule has 0 heterocycles. The average molecular weight is 448 g/mol. The van der Waals surface area contributed by atoms with Gasteiger partial charge in [0.05, 0.1) is 6.61 Å². The molecule has 31 heavy (non-hydrogen) atoms. The Balaban J connectivity index is 1.78. The SMILES string of the molecule is Cc1ccc(C(=O)N[C@@H](CCCOP(=O)(O)N(C)CCc2ccccc2)C(=O)O)cc1. The van der Waals surface area contributed by atoms with Gasteiger partial charge in [-0.05, 0) is 50.9 Å². The van der Waals surface area contributed by atoms with Crippen LogP contribution in [0.15, 0.2) is 54.6 Å². The third kappa shape index (κ3) is 8.26. The summed E-state index contributed by atoms with van der Waals surface area (Å²) < 4.78 is 18.8. The van der Waals surface area contributed by atoms with Crippen LogP contribution in [-0.2, 0) is 20.3 Å². The largest absolute Gasteiger partial charge is 0.480 e. The molecule has 0 spiro atoms. The number of likely N-dealkylation sites (N-methyl/N-ethyl adjacent to an activating group) is 1. The van der Waals surface area contributed by atoms with E-state index in [4.69, 9.17) is 4.52 Å². The highest BCUT2D eigenvalue weighted by Crippen LogP contribution is 2.45. The first-order chi connectivity index (χ1) is 14.7. The lowest BCUT2D eigenvalue weighted by Gasteiger charge is -2.22. The molecule has 3 N–H and O–H groups in total. The number of carbonyl (C=O) groups is 2. The Bertz CT molecular complexity index is 904. The van der Waals surface area contributed by atoms with Crippen LogP contribution in [0.4, 0.5) is 0 Å². The molecule has 2 rings (SSSR count). The summed E-state index contributed by atoms with van der Waals surface area (Å²) in [7, 11) is -2.48. The molecule has 2 aromatic carbocycles. The fourth-order valence-corrected chi connectivity index (χ4v) is 3.75. The Morgan fingerprint density at radius 3 is 2.39 bits per heavy atom. The summed E-state index contributed by atoms with van der Waals surface area (Å²) in [6.07, 6.45) is 0.861. The number of carbonyl (C=O) groups excluding carboxylic acids is 1. The summed E-state index contributed by atoms with van der Waals surface area (Å²) in [6.45, 7) is 2.12. The first-order valence-electron chi connectivity index (χ1n) is 10.0. The maximum absolute atomic E-state index is 12.4. The van der Waals surface area contributed by atoms with Gasteiger partial charge in [0.15, 0.2) is 0 Å². The van der Waals surface area contributed by atoms with Gasteiger partial charge in [0.1, 0.15) is 6.04 Å². The minimum Gasteiger partial charge on any atom is -0.480 e. The zero-order valence-corrected chi connectivity index (χ0v) is 18.6. The molecule has 9 heteroatoms. The van der Waals surface area contributed by atoms with E-state index in [1.807, 2.05) is 37.3 Å². The molecule has 0 fully saturated rings. The van der Waals surface area contributed by atoms with E-state index in [2.05, 4.69) is 5.32 Å². The van der Waals surface area contributed by atoms with E-state index in [0.29, 0.717) is 18.5 Å². The smallest absolute Gasteiger partial charge is 0.405 e. The molecule has 0 radical (unpaired) electrons. The minimum atomic E-state index is -3.99. The lowest BCUT2D eigenvalue weighted by atomic mass is 10.1. The van der Waals surface area contributed by atoms with Gasteiger partial charge in [0.2, 0.25) is 0 Å². The number of hydrogen-bond acceptors (Lipinski definition) is 4. The fourth-order valence-electron chi connectivity index (χ4n) is 2.84. The van der Waals surface area contributed by atoms with Crippen LogP contribution < -0.4 is 5.32 Å². The van der Waals surface area contributed by atoms with Crippen molar-refractivity contribution in [2.45, 2.75) is 32.2 Å². The lowest BCUT2D eigenvalue weighted by Crippen LogP contribution is -2.40. The Labute approximate surface area is 182 Å². The van der Waals surface area contributed by atoms with Crippen molar-refractivity contribution in [3.63, 3.8) is 0 Å². The molecule has 0 aromatic heterocycles. The highest BCUT2D eigenvalue weighted by atomic mass is 31.2. The van der Waals surface area contributed by atoms with Gasteiger partial charge < -0.3 is 15.3 Å². The monoisotopic (exact) mass is 448 g/mol. The van der Waals surface area contributed by atoms with Gasteiger partial charge in [0.25, 0.3) is 5.91 Å². The number of amides is 1. The first-order valence-corrected chi connectivity index (χ1v) is 11.6. The predicted molar refractivity (Wildman–Crippen MR) is 118 cm³/mol. The van der Waals surface area contributed by atoms with Crippen molar-refractivity contribution >= 4 is 19.6 Å². The van der Waals surface area contributed by atoms with E-state index in [1.54, 1.807) is 24.3 Å². The van der Waals surface area contributed by atoms with Gasteiger partial charge in [-0.3, -0.25) is 9.32 Å². The van der Waals surface area contributed by atoms with Crippen LogP contribution in [0.25, 0.3) is 0 Å². The number of carboxylic acid groups (broad SMARTS) is 1.